The van der Waals surface area contributed by atoms with Gasteiger partial charge in [-0.15, -0.1) is 0 Å². The normalized spacial score (nSPS) is 17.7. The zero-order valence-electron chi connectivity index (χ0n) is 13.7. The zero-order chi connectivity index (χ0) is 14.8. The summed E-state index contributed by atoms with van der Waals surface area (Å²) in [7, 11) is 2.24. The van der Waals surface area contributed by atoms with Crippen molar-refractivity contribution in [2.45, 2.75) is 46.1 Å². The van der Waals surface area contributed by atoms with Crippen LogP contribution in [-0.4, -0.2) is 29.6 Å². The highest BCUT2D eigenvalue weighted by molar-refractivity contribution is 5.85. The molecule has 0 N–H and O–H groups in total. The van der Waals surface area contributed by atoms with Gasteiger partial charge in [0.05, 0.1) is 0 Å². The Hall–Kier alpha value is -1.28. The number of fused-ring (bicyclic) bond motifs is 1. The average molecular weight is 284 g/mol. The Balaban J connectivity index is 1.64. The average Bonchev–Trinajstić information content (AvgIpc) is 2.75. The fourth-order valence-corrected chi connectivity index (χ4v) is 3.78. The third-order valence-electron chi connectivity index (χ3n) is 5.38. The highest BCUT2D eigenvalue weighted by atomic mass is 15.1. The van der Waals surface area contributed by atoms with E-state index in [9.17, 15) is 0 Å². The highest BCUT2D eigenvalue weighted by Crippen LogP contribution is 2.26. The van der Waals surface area contributed by atoms with E-state index in [0.717, 1.165) is 5.92 Å². The second-order valence-electron chi connectivity index (χ2n) is 6.77. The molecule has 0 atom stereocenters. The third kappa shape index (κ3) is 3.01. The molecule has 0 amide bonds. The number of hydrogen-bond donors (Lipinski definition) is 0. The van der Waals surface area contributed by atoms with E-state index < -0.39 is 0 Å². The van der Waals surface area contributed by atoms with Gasteiger partial charge in [0.25, 0.3) is 0 Å². The first-order chi connectivity index (χ1) is 10.2. The van der Waals surface area contributed by atoms with Crippen LogP contribution in [0.15, 0.2) is 24.3 Å². The van der Waals surface area contributed by atoms with Gasteiger partial charge in [-0.05, 0) is 77.2 Å². The lowest BCUT2D eigenvalue weighted by molar-refractivity contribution is 0.209. The van der Waals surface area contributed by atoms with E-state index in [0.29, 0.717) is 0 Å². The topological polar surface area (TPSA) is 8.17 Å². The fourth-order valence-electron chi connectivity index (χ4n) is 3.78. The monoisotopic (exact) mass is 284 g/mol. The molecule has 2 heteroatoms. The van der Waals surface area contributed by atoms with Gasteiger partial charge >= 0.3 is 0 Å². The van der Waals surface area contributed by atoms with Crippen molar-refractivity contribution in [1.82, 2.24) is 9.47 Å². The molecule has 3 rings (SSSR count). The van der Waals surface area contributed by atoms with Crippen LogP contribution in [-0.2, 0) is 6.54 Å². The van der Waals surface area contributed by atoms with Crippen LogP contribution in [0.4, 0.5) is 0 Å². The Morgan fingerprint density at radius 1 is 1.10 bits per heavy atom. The zero-order valence-corrected chi connectivity index (χ0v) is 13.7. The lowest BCUT2D eigenvalue weighted by Gasteiger charge is -2.29. The van der Waals surface area contributed by atoms with E-state index in [4.69, 9.17) is 0 Å². The van der Waals surface area contributed by atoms with E-state index in [1.807, 2.05) is 0 Å². The SMILES string of the molecule is Cc1c(C)n(CCCC2CCN(C)CC2)c2ccccc12. The van der Waals surface area contributed by atoms with Gasteiger partial charge in [-0.3, -0.25) is 0 Å². The molecule has 0 saturated carbocycles. The van der Waals surface area contributed by atoms with Crippen molar-refractivity contribution in [3.8, 4) is 0 Å². The highest BCUT2D eigenvalue weighted by Gasteiger charge is 2.16. The molecule has 1 fully saturated rings. The number of rotatable bonds is 4. The number of likely N-dealkylation sites (tertiary alicyclic amines) is 1. The predicted molar refractivity (Wildman–Crippen MR) is 90.9 cm³/mol. The van der Waals surface area contributed by atoms with E-state index >= 15 is 0 Å². The van der Waals surface area contributed by atoms with Gasteiger partial charge in [-0.2, -0.15) is 0 Å². The van der Waals surface area contributed by atoms with Crippen molar-refractivity contribution in [2.75, 3.05) is 20.1 Å². The molecule has 1 aliphatic rings. The molecule has 2 aromatic rings. The molecule has 1 saturated heterocycles. The van der Waals surface area contributed by atoms with Crippen molar-refractivity contribution < 1.29 is 0 Å². The van der Waals surface area contributed by atoms with E-state index in [-0.39, 0.29) is 0 Å². The van der Waals surface area contributed by atoms with Gasteiger partial charge < -0.3 is 9.47 Å². The number of aromatic nitrogens is 1. The first kappa shape index (κ1) is 14.6. The van der Waals surface area contributed by atoms with Gasteiger partial charge in [-0.1, -0.05) is 18.2 Å². The number of nitrogens with zero attached hydrogens (tertiary/aromatic N) is 2. The molecule has 1 aromatic heterocycles. The van der Waals surface area contributed by atoms with Crippen LogP contribution < -0.4 is 0 Å². The summed E-state index contributed by atoms with van der Waals surface area (Å²) in [5.74, 6) is 0.949. The van der Waals surface area contributed by atoms with Crippen molar-refractivity contribution in [3.63, 3.8) is 0 Å². The van der Waals surface area contributed by atoms with Gasteiger partial charge in [0.2, 0.25) is 0 Å². The summed E-state index contributed by atoms with van der Waals surface area (Å²) in [6.07, 6.45) is 5.48. The molecule has 0 spiro atoms. The summed E-state index contributed by atoms with van der Waals surface area (Å²) >= 11 is 0. The first-order valence-electron chi connectivity index (χ1n) is 8.40. The van der Waals surface area contributed by atoms with Crippen molar-refractivity contribution in [1.29, 1.82) is 0 Å². The molecule has 0 unspecified atom stereocenters. The fraction of sp³-hybridized carbons (Fsp3) is 0.579. The molecule has 2 nitrogen and oxygen atoms in total. The Kier molecular flexibility index (Phi) is 4.34. The maximum absolute atomic E-state index is 2.53. The number of hydrogen-bond acceptors (Lipinski definition) is 1. The Morgan fingerprint density at radius 3 is 2.57 bits per heavy atom. The summed E-state index contributed by atoms with van der Waals surface area (Å²) in [5, 5.41) is 1.43. The standard InChI is InChI=1S/C19H28N2/c1-15-16(2)21(19-9-5-4-8-18(15)19)12-6-7-17-10-13-20(3)14-11-17/h4-5,8-9,17H,6-7,10-14H2,1-3H3. The first-order valence-corrected chi connectivity index (χ1v) is 8.40. The quantitative estimate of drug-likeness (QED) is 0.809. The summed E-state index contributed by atoms with van der Waals surface area (Å²) in [4.78, 5) is 2.46. The van der Waals surface area contributed by atoms with Crippen LogP contribution in [0, 0.1) is 19.8 Å². The van der Waals surface area contributed by atoms with Crippen molar-refractivity contribution in [2.24, 2.45) is 5.92 Å². The smallest absolute Gasteiger partial charge is 0.0485 e. The van der Waals surface area contributed by atoms with Crippen LogP contribution in [0.3, 0.4) is 0 Å². The lowest BCUT2D eigenvalue weighted by Crippen LogP contribution is -2.30. The molecule has 0 radical (unpaired) electrons. The molecule has 1 aromatic carbocycles. The summed E-state index contributed by atoms with van der Waals surface area (Å²) in [6, 6.07) is 8.84. The molecule has 2 heterocycles. The van der Waals surface area contributed by atoms with Crippen LogP contribution >= 0.6 is 0 Å². The van der Waals surface area contributed by atoms with E-state index in [1.165, 1.54) is 67.5 Å². The second kappa shape index (κ2) is 6.23. The second-order valence-corrected chi connectivity index (χ2v) is 6.77. The number of benzene rings is 1. The minimum absolute atomic E-state index is 0.949. The molecular weight excluding hydrogens is 256 g/mol. The molecule has 114 valence electrons. The molecule has 0 bridgehead atoms. The van der Waals surface area contributed by atoms with Crippen LogP contribution in [0.1, 0.15) is 36.9 Å². The van der Waals surface area contributed by atoms with E-state index in [1.54, 1.807) is 0 Å². The molecular formula is C19H28N2. The molecule has 1 aliphatic heterocycles. The van der Waals surface area contributed by atoms with Gasteiger partial charge in [0.15, 0.2) is 0 Å². The van der Waals surface area contributed by atoms with Crippen LogP contribution in [0.2, 0.25) is 0 Å². The minimum Gasteiger partial charge on any atom is -0.345 e. The van der Waals surface area contributed by atoms with Crippen LogP contribution in [0.5, 0.6) is 0 Å². The summed E-state index contributed by atoms with van der Waals surface area (Å²) in [5.41, 5.74) is 4.31. The summed E-state index contributed by atoms with van der Waals surface area (Å²) in [6.45, 7) is 8.27. The Labute approximate surface area is 128 Å². The summed E-state index contributed by atoms with van der Waals surface area (Å²) < 4.78 is 2.53. The number of aryl methyl sites for hydroxylation is 2. The van der Waals surface area contributed by atoms with Crippen molar-refractivity contribution >= 4 is 10.9 Å². The van der Waals surface area contributed by atoms with Crippen LogP contribution in [0.25, 0.3) is 10.9 Å². The van der Waals surface area contributed by atoms with Crippen molar-refractivity contribution in [3.05, 3.63) is 35.5 Å². The third-order valence-corrected chi connectivity index (χ3v) is 5.38. The van der Waals surface area contributed by atoms with Gasteiger partial charge in [0.1, 0.15) is 0 Å². The lowest BCUT2D eigenvalue weighted by atomic mass is 9.92. The minimum atomic E-state index is 0.949. The number of para-hydroxylation sites is 1. The predicted octanol–water partition coefficient (Wildman–Crippen LogP) is 4.38. The van der Waals surface area contributed by atoms with Gasteiger partial charge in [0, 0.05) is 23.1 Å². The van der Waals surface area contributed by atoms with E-state index in [2.05, 4.69) is 54.6 Å². The largest absolute Gasteiger partial charge is 0.345 e. The maximum atomic E-state index is 2.53. The molecule has 0 aliphatic carbocycles. The Bertz CT molecular complexity index is 603. The van der Waals surface area contributed by atoms with Gasteiger partial charge in [-0.25, -0.2) is 0 Å². The maximum Gasteiger partial charge on any atom is 0.0485 e. The number of piperidine rings is 1. The molecule has 21 heavy (non-hydrogen) atoms. The Morgan fingerprint density at radius 2 is 1.81 bits per heavy atom.